The third-order valence-electron chi connectivity index (χ3n) is 25.1. The van der Waals surface area contributed by atoms with E-state index in [0.29, 0.717) is 143 Å². The van der Waals surface area contributed by atoms with Crippen molar-refractivity contribution in [2.45, 2.75) is 51.6 Å². The van der Waals surface area contributed by atoms with Crippen LogP contribution in [0.15, 0.2) is 254 Å². The molecule has 0 saturated carbocycles. The first kappa shape index (κ1) is 101. The summed E-state index contributed by atoms with van der Waals surface area (Å²) in [5.41, 5.74) is 9.21. The fourth-order valence-electron chi connectivity index (χ4n) is 17.7. The Kier molecular flexibility index (Phi) is 31.4. The largest absolute Gasteiger partial charge is 0.478 e. The van der Waals surface area contributed by atoms with E-state index >= 15 is 0 Å². The van der Waals surface area contributed by atoms with Crippen molar-refractivity contribution < 1.29 is 101 Å². The van der Waals surface area contributed by atoms with E-state index in [1.165, 1.54) is 30.6 Å². The van der Waals surface area contributed by atoms with E-state index in [4.69, 9.17) is 56.7 Å². The molecule has 3 aliphatic rings. The lowest BCUT2D eigenvalue weighted by Crippen LogP contribution is -2.38. The number of nitrogens with zero attached hydrogens (tertiary/aromatic N) is 13. The summed E-state index contributed by atoms with van der Waals surface area (Å²) in [5, 5.41) is 30.5. The molecule has 0 radical (unpaired) electrons. The number of nitriles is 1. The zero-order valence-corrected chi connectivity index (χ0v) is 79.0. The topological polar surface area (TPSA) is 290 Å². The van der Waals surface area contributed by atoms with Crippen LogP contribution in [0.2, 0.25) is 10.0 Å². The van der Waals surface area contributed by atoms with E-state index in [0.717, 1.165) is 136 Å². The second-order valence-electron chi connectivity index (χ2n) is 34.3. The Bertz CT molecular complexity index is 7800. The smallest absolute Gasteiger partial charge is 0.416 e. The molecule has 0 atom stereocenters. The predicted molar refractivity (Wildman–Crippen MR) is 527 cm³/mol. The Hall–Kier alpha value is -15.1. The minimum Gasteiger partial charge on any atom is -0.478 e. The van der Waals surface area contributed by atoms with Gasteiger partial charge in [0.1, 0.15) is 48.4 Å². The molecular formula is C107H90Cl2F10N14O12. The van der Waals surface area contributed by atoms with Crippen molar-refractivity contribution in [3.8, 4) is 6.07 Å². The summed E-state index contributed by atoms with van der Waals surface area (Å²) in [4.78, 5) is 85.7. The molecular weight excluding hydrogens is 1930 g/mol. The van der Waals surface area contributed by atoms with Gasteiger partial charge in [-0.05, 0) is 150 Å². The standard InChI is InChI=1S/C28H20Cl2N4O3.C27H23F6N3O3.C26H23F4N3O3.C26H24N4O3/c1-16(17-6-8-18(9-7-17)28(36)37)32-33-27(35)24-13-22-21-4-2-3-5-25(21)34(26(22)14-31-24)15-19-12-20(29)10-11-23(19)30;28-26(29,30)18-6-5-17(21(13-18)27(31,32)33)16-36-23-4-2-1-3-19(23)20-14-22(34-15-24(20)36)25(37)39-12-9-35-7-10-38-11-8-35;27-19-12-17(11-18(13-19)26(28,29)30)16-33-23-4-2-1-3-20(23)21-14-22(31-15-24(21)33)25(34)36-10-7-32-5-8-35-9-6-32;27-16-19-5-1-2-6-20(19)18-30-24-8-4-3-7-21(24)22-15-23(28-17-25(22)30)26(31)33-14-11-29-9-12-32-13-10-29/h2-14H,15H2,1H3,(H,33,35)(H,36,37);1-6,13-15H,7-12,16H2;1-4,11-15H,5-10,16H2;1-8,15,17H,9-14,18H2/b32-16+;;;. The van der Waals surface area contributed by atoms with Crippen LogP contribution in [0.4, 0.5) is 43.9 Å². The Labute approximate surface area is 831 Å². The number of carbonyl (C=O) groups excluding carboxylic acids is 4. The maximum absolute atomic E-state index is 14.0. The zero-order chi connectivity index (χ0) is 102. The van der Waals surface area contributed by atoms with E-state index in [1.54, 1.807) is 101 Å². The van der Waals surface area contributed by atoms with Crippen LogP contribution >= 0.6 is 23.2 Å². The van der Waals surface area contributed by atoms with Crippen LogP contribution in [0.3, 0.4) is 0 Å². The number of nitrogens with one attached hydrogen (secondary N) is 1. The Morgan fingerprint density at radius 2 is 0.800 bits per heavy atom. The number of alkyl halides is 9. The summed E-state index contributed by atoms with van der Waals surface area (Å²) in [5.74, 6) is -4.03. The maximum Gasteiger partial charge on any atom is 0.416 e. The number of ether oxygens (including phenoxy) is 6. The van der Waals surface area contributed by atoms with Crippen molar-refractivity contribution in [2.75, 3.05) is 118 Å². The fraction of sp³-hybridized carbons (Fsp3) is 0.243. The third kappa shape index (κ3) is 23.9. The van der Waals surface area contributed by atoms with Gasteiger partial charge in [-0.25, -0.2) is 48.9 Å². The number of carbonyl (C=O) groups is 5. The number of esters is 3. The molecule has 0 spiro atoms. The van der Waals surface area contributed by atoms with Gasteiger partial charge in [0.25, 0.3) is 5.91 Å². The molecule has 3 aliphatic heterocycles. The third-order valence-corrected chi connectivity index (χ3v) is 25.7. The zero-order valence-electron chi connectivity index (χ0n) is 77.5. The summed E-state index contributed by atoms with van der Waals surface area (Å²) >= 11 is 12.6. The molecule has 744 valence electrons. The molecule has 17 aromatic rings. The minimum atomic E-state index is -4.99. The van der Waals surface area contributed by atoms with Gasteiger partial charge in [-0.15, -0.1) is 0 Å². The lowest BCUT2D eigenvalue weighted by Gasteiger charge is -2.26. The quantitative estimate of drug-likeness (QED) is 0.0187. The molecule has 3 saturated heterocycles. The Morgan fingerprint density at radius 3 is 1.22 bits per heavy atom. The molecule has 0 aliphatic carbocycles. The molecule has 8 aromatic heterocycles. The van der Waals surface area contributed by atoms with Gasteiger partial charge in [0.2, 0.25) is 0 Å². The first-order valence-corrected chi connectivity index (χ1v) is 46.8. The molecule has 3 fully saturated rings. The molecule has 2 N–H and O–H groups in total. The van der Waals surface area contributed by atoms with Gasteiger partial charge < -0.3 is 51.8 Å². The molecule has 26 nitrogen and oxygen atoms in total. The van der Waals surface area contributed by atoms with Gasteiger partial charge in [0.05, 0.1) is 126 Å². The van der Waals surface area contributed by atoms with Crippen molar-refractivity contribution in [3.05, 3.63) is 344 Å². The highest BCUT2D eigenvalue weighted by Gasteiger charge is 2.39. The van der Waals surface area contributed by atoms with Crippen molar-refractivity contribution in [1.29, 1.82) is 5.26 Å². The highest BCUT2D eigenvalue weighted by Crippen LogP contribution is 2.42. The van der Waals surface area contributed by atoms with Crippen molar-refractivity contribution in [1.82, 2.24) is 58.3 Å². The number of hydrazone groups is 1. The van der Waals surface area contributed by atoms with Gasteiger partial charge in [0.15, 0.2) is 0 Å². The number of carboxylic acid groups (broad SMARTS) is 1. The molecule has 11 heterocycles. The Morgan fingerprint density at radius 1 is 0.414 bits per heavy atom. The normalized spacial score (nSPS) is 14.1. The van der Waals surface area contributed by atoms with Gasteiger partial charge in [0, 0.05) is 160 Å². The van der Waals surface area contributed by atoms with Crippen LogP contribution in [0.1, 0.15) is 109 Å². The lowest BCUT2D eigenvalue weighted by molar-refractivity contribution is -0.143. The summed E-state index contributed by atoms with van der Waals surface area (Å²) in [6, 6.07) is 62.5. The van der Waals surface area contributed by atoms with Crippen molar-refractivity contribution in [2.24, 2.45) is 5.10 Å². The number of amides is 1. The number of rotatable bonds is 24. The molecule has 1 amide bonds. The van der Waals surface area contributed by atoms with E-state index in [1.807, 2.05) is 97.1 Å². The predicted octanol–water partition coefficient (Wildman–Crippen LogP) is 20.6. The highest BCUT2D eigenvalue weighted by atomic mass is 35.5. The lowest BCUT2D eigenvalue weighted by atomic mass is 10.0. The number of halogens is 12. The maximum atomic E-state index is 14.0. The summed E-state index contributed by atoms with van der Waals surface area (Å²) in [6.45, 7) is 13.7. The van der Waals surface area contributed by atoms with Crippen molar-refractivity contribution >= 4 is 146 Å². The van der Waals surface area contributed by atoms with Crippen LogP contribution in [-0.2, 0) is 73.1 Å². The summed E-state index contributed by atoms with van der Waals surface area (Å²) < 4.78 is 174. The summed E-state index contributed by atoms with van der Waals surface area (Å²) in [6.07, 6.45) is -8.31. The van der Waals surface area contributed by atoms with Gasteiger partial charge in [-0.3, -0.25) is 19.5 Å². The van der Waals surface area contributed by atoms with E-state index in [9.17, 15) is 73.1 Å². The van der Waals surface area contributed by atoms with Crippen LogP contribution < -0.4 is 5.43 Å². The minimum absolute atomic E-state index is 0.00409. The number of fused-ring (bicyclic) bond motifs is 12. The first-order chi connectivity index (χ1) is 69.9. The number of carboxylic acids is 1. The number of aromatic nitrogens is 8. The molecule has 38 heteroatoms. The second-order valence-corrected chi connectivity index (χ2v) is 35.1. The summed E-state index contributed by atoms with van der Waals surface area (Å²) in [7, 11) is 0. The number of morpholine rings is 3. The molecule has 20 rings (SSSR count). The van der Waals surface area contributed by atoms with Crippen LogP contribution in [0.5, 0.6) is 0 Å². The Balaban J connectivity index is 0.000000133. The van der Waals surface area contributed by atoms with Gasteiger partial charge in [-0.1, -0.05) is 132 Å². The molecule has 145 heavy (non-hydrogen) atoms. The number of aromatic carboxylic acids is 1. The molecule has 9 aromatic carbocycles. The number of para-hydroxylation sites is 4. The van der Waals surface area contributed by atoms with Crippen LogP contribution in [0.25, 0.3) is 87.2 Å². The van der Waals surface area contributed by atoms with E-state index in [2.05, 4.69) is 60.4 Å². The number of pyridine rings is 4. The van der Waals surface area contributed by atoms with Gasteiger partial charge in [-0.2, -0.15) is 49.9 Å². The number of hydrogen-bond acceptors (Lipinski definition) is 20. The molecule has 0 unspecified atom stereocenters. The van der Waals surface area contributed by atoms with E-state index < -0.39 is 70.8 Å². The van der Waals surface area contributed by atoms with Crippen LogP contribution in [-0.4, -0.2) is 212 Å². The number of hydrogen-bond donors (Lipinski definition) is 2. The second kappa shape index (κ2) is 44.8. The number of benzene rings is 9. The van der Waals surface area contributed by atoms with Crippen LogP contribution in [0, 0.1) is 17.1 Å². The fourth-order valence-corrected chi connectivity index (χ4v) is 18.1. The van der Waals surface area contributed by atoms with E-state index in [-0.39, 0.29) is 66.1 Å². The average Bonchev–Trinajstić information content (AvgIpc) is 1.61. The average molecular weight is 2020 g/mol. The first-order valence-electron chi connectivity index (χ1n) is 46.0. The van der Waals surface area contributed by atoms with Crippen molar-refractivity contribution in [3.63, 3.8) is 0 Å². The molecule has 0 bridgehead atoms. The van der Waals surface area contributed by atoms with Gasteiger partial charge >= 0.3 is 42.4 Å². The SMILES string of the molecule is C/C(=N\NC(=O)c1cc2c3ccccc3n(Cc3cc(Cl)ccc3Cl)c2cn1)c1ccc(C(=O)O)cc1.N#Cc1ccccc1Cn1c2ccccc2c2cc(C(=O)OCCN3CCOCC3)ncc21.O=C(OCCN1CCOCC1)c1cc2c3ccccc3n(Cc3cc(F)cc(C(F)(F)F)c3)c2cn1.O=C(OCCN1CCOCC1)c1cc2c3ccccc3n(Cc3ccc(C(F)(F)F)cc3C(F)(F)F)c2cn1. The monoisotopic (exact) mass is 2020 g/mol. The highest BCUT2D eigenvalue weighted by molar-refractivity contribution is 6.33.